The summed E-state index contributed by atoms with van der Waals surface area (Å²) in [4.78, 5) is 24.4. The number of benzene rings is 1. The van der Waals surface area contributed by atoms with Gasteiger partial charge in [-0.15, -0.1) is 0 Å². The molecule has 0 spiro atoms. The topological polar surface area (TPSA) is 68.5 Å². The molecule has 2 rings (SSSR count). The number of aryl methyl sites for hydroxylation is 2. The van der Waals surface area contributed by atoms with Gasteiger partial charge in [0.2, 0.25) is 0 Å². The second-order valence-corrected chi connectivity index (χ2v) is 5.98. The van der Waals surface area contributed by atoms with Crippen molar-refractivity contribution in [2.75, 3.05) is 0 Å². The van der Waals surface area contributed by atoms with Crippen LogP contribution in [0.4, 0.5) is 0 Å². The fourth-order valence-electron chi connectivity index (χ4n) is 2.33. The highest BCUT2D eigenvalue weighted by Gasteiger charge is 2.24. The predicted octanol–water partition coefficient (Wildman–Crippen LogP) is 3.72. The molecule has 1 aromatic heterocycles. The second kappa shape index (κ2) is 7.53. The molecule has 0 aliphatic rings. The summed E-state index contributed by atoms with van der Waals surface area (Å²) in [6.45, 7) is 7.04. The lowest BCUT2D eigenvalue weighted by Crippen LogP contribution is -2.35. The number of ether oxygens (including phenoxy) is 1. The first kappa shape index (κ1) is 18.1. The number of nitrogens with one attached hydrogen (secondary N) is 1. The third-order valence-electron chi connectivity index (χ3n) is 3.83. The van der Waals surface area contributed by atoms with E-state index in [1.807, 2.05) is 18.2 Å². The first-order chi connectivity index (χ1) is 11.3. The van der Waals surface area contributed by atoms with E-state index in [-0.39, 0.29) is 6.54 Å². The molecule has 5 nitrogen and oxygen atoms in total. The predicted molar refractivity (Wildman–Crippen MR) is 91.1 cm³/mol. The molecule has 1 atom stereocenters. The van der Waals surface area contributed by atoms with Gasteiger partial charge in [-0.1, -0.05) is 29.8 Å². The van der Waals surface area contributed by atoms with E-state index in [1.54, 1.807) is 26.8 Å². The lowest BCUT2D eigenvalue weighted by Gasteiger charge is -2.14. The third-order valence-corrected chi connectivity index (χ3v) is 4.20. The smallest absolute Gasteiger partial charge is 0.342 e. The normalized spacial score (nSPS) is 11.9. The third kappa shape index (κ3) is 3.97. The van der Waals surface area contributed by atoms with Crippen LogP contribution in [0.1, 0.15) is 39.9 Å². The van der Waals surface area contributed by atoms with Crippen LogP contribution in [0.25, 0.3) is 0 Å². The highest BCUT2D eigenvalue weighted by molar-refractivity contribution is 6.31. The number of hydrogen-bond acceptors (Lipinski definition) is 4. The average molecular weight is 350 g/mol. The summed E-state index contributed by atoms with van der Waals surface area (Å²) in [6, 6.07) is 7.22. The zero-order valence-electron chi connectivity index (χ0n) is 14.1. The van der Waals surface area contributed by atoms with E-state index in [4.69, 9.17) is 20.8 Å². The molecule has 2 aromatic rings. The number of halogens is 1. The molecule has 0 saturated heterocycles. The molecule has 0 aliphatic carbocycles. The molecule has 0 bridgehead atoms. The van der Waals surface area contributed by atoms with E-state index in [1.165, 1.54) is 6.92 Å². The van der Waals surface area contributed by atoms with Gasteiger partial charge >= 0.3 is 5.97 Å². The molecular weight excluding hydrogens is 330 g/mol. The first-order valence-electron chi connectivity index (χ1n) is 7.60. The van der Waals surface area contributed by atoms with E-state index in [9.17, 15) is 9.59 Å². The van der Waals surface area contributed by atoms with Gasteiger partial charge in [0.15, 0.2) is 6.10 Å². The fraction of sp³-hybridized carbons (Fsp3) is 0.333. The van der Waals surface area contributed by atoms with Gasteiger partial charge in [0.1, 0.15) is 17.1 Å². The Bertz CT molecular complexity index is 766. The van der Waals surface area contributed by atoms with Gasteiger partial charge in [-0.2, -0.15) is 0 Å². The highest BCUT2D eigenvalue weighted by atomic mass is 35.5. The zero-order valence-corrected chi connectivity index (χ0v) is 14.9. The van der Waals surface area contributed by atoms with Crippen molar-refractivity contribution in [1.82, 2.24) is 5.32 Å². The Morgan fingerprint density at radius 3 is 2.46 bits per heavy atom. The van der Waals surface area contributed by atoms with Gasteiger partial charge in [-0.3, -0.25) is 4.79 Å². The van der Waals surface area contributed by atoms with Gasteiger partial charge < -0.3 is 14.5 Å². The molecule has 0 fully saturated rings. The van der Waals surface area contributed by atoms with E-state index in [2.05, 4.69) is 5.32 Å². The van der Waals surface area contributed by atoms with Crippen LogP contribution in [-0.2, 0) is 16.1 Å². The number of amides is 1. The van der Waals surface area contributed by atoms with Crippen LogP contribution in [0.15, 0.2) is 28.7 Å². The van der Waals surface area contributed by atoms with Gasteiger partial charge in [0.05, 0.1) is 0 Å². The van der Waals surface area contributed by atoms with Gasteiger partial charge in [0.25, 0.3) is 5.91 Å². The van der Waals surface area contributed by atoms with E-state index < -0.39 is 18.0 Å². The Morgan fingerprint density at radius 2 is 1.88 bits per heavy atom. The summed E-state index contributed by atoms with van der Waals surface area (Å²) < 4.78 is 10.7. The summed E-state index contributed by atoms with van der Waals surface area (Å²) in [7, 11) is 0. The van der Waals surface area contributed by atoms with Crippen LogP contribution in [0.3, 0.4) is 0 Å². The minimum absolute atomic E-state index is 0.267. The van der Waals surface area contributed by atoms with Crippen molar-refractivity contribution in [1.29, 1.82) is 0 Å². The summed E-state index contributed by atoms with van der Waals surface area (Å²) in [5.74, 6) is 0.190. The summed E-state index contributed by atoms with van der Waals surface area (Å²) in [5, 5.41) is 3.28. The molecular formula is C18H20ClNO4. The summed E-state index contributed by atoms with van der Waals surface area (Å²) in [6.07, 6.45) is -0.922. The maximum Gasteiger partial charge on any atom is 0.342 e. The number of hydrogen-bond donors (Lipinski definition) is 1. The van der Waals surface area contributed by atoms with Crippen LogP contribution in [-0.4, -0.2) is 18.0 Å². The number of rotatable bonds is 5. The van der Waals surface area contributed by atoms with E-state index >= 15 is 0 Å². The van der Waals surface area contributed by atoms with Crippen LogP contribution >= 0.6 is 11.6 Å². The van der Waals surface area contributed by atoms with Gasteiger partial charge in [-0.25, -0.2) is 4.79 Å². The van der Waals surface area contributed by atoms with Crippen molar-refractivity contribution in [3.63, 3.8) is 0 Å². The largest absolute Gasteiger partial charge is 0.465 e. The molecule has 0 saturated carbocycles. The molecule has 6 heteroatoms. The molecule has 0 radical (unpaired) electrons. The van der Waals surface area contributed by atoms with E-state index in [0.717, 1.165) is 11.1 Å². The fourth-order valence-corrected chi connectivity index (χ4v) is 2.54. The lowest BCUT2D eigenvalue weighted by atomic mass is 10.1. The van der Waals surface area contributed by atoms with Crippen LogP contribution < -0.4 is 5.32 Å². The lowest BCUT2D eigenvalue weighted by molar-refractivity contribution is -0.129. The SMILES string of the molecule is Cc1oc(C)c(C(=O)O[C@H](C)C(=O)NCc2ccccc2Cl)c1C. The quantitative estimate of drug-likeness (QED) is 0.835. The molecule has 24 heavy (non-hydrogen) atoms. The number of carbonyl (C=O) groups is 2. The van der Waals surface area contributed by atoms with Crippen LogP contribution in [0, 0.1) is 20.8 Å². The first-order valence-corrected chi connectivity index (χ1v) is 7.97. The van der Waals surface area contributed by atoms with Crippen molar-refractivity contribution in [2.24, 2.45) is 0 Å². The van der Waals surface area contributed by atoms with Crippen molar-refractivity contribution >= 4 is 23.5 Å². The van der Waals surface area contributed by atoms with Crippen molar-refractivity contribution in [3.8, 4) is 0 Å². The molecule has 128 valence electrons. The van der Waals surface area contributed by atoms with Crippen molar-refractivity contribution < 1.29 is 18.7 Å². The molecule has 0 unspecified atom stereocenters. The Morgan fingerprint density at radius 1 is 1.21 bits per heavy atom. The average Bonchev–Trinajstić information content (AvgIpc) is 2.78. The standard InChI is InChI=1S/C18H20ClNO4/c1-10-11(2)23-12(3)16(10)18(22)24-13(4)17(21)20-9-14-7-5-6-8-15(14)19/h5-8,13H,9H2,1-4H3,(H,20,21)/t13-/m1/s1. The molecule has 1 aromatic carbocycles. The number of carbonyl (C=O) groups excluding carboxylic acids is 2. The van der Waals surface area contributed by atoms with Crippen LogP contribution in [0.5, 0.6) is 0 Å². The Labute approximate surface area is 145 Å². The molecule has 1 heterocycles. The highest BCUT2D eigenvalue weighted by Crippen LogP contribution is 2.22. The maximum absolute atomic E-state index is 12.3. The monoisotopic (exact) mass is 349 g/mol. The second-order valence-electron chi connectivity index (χ2n) is 5.57. The minimum atomic E-state index is -0.922. The molecule has 1 amide bonds. The van der Waals surface area contributed by atoms with E-state index in [0.29, 0.717) is 22.1 Å². The molecule has 1 N–H and O–H groups in total. The zero-order chi connectivity index (χ0) is 17.9. The Kier molecular flexibility index (Phi) is 5.67. The van der Waals surface area contributed by atoms with Crippen LogP contribution in [0.2, 0.25) is 5.02 Å². The number of esters is 1. The molecule has 0 aliphatic heterocycles. The van der Waals surface area contributed by atoms with Gasteiger partial charge in [0, 0.05) is 17.1 Å². The minimum Gasteiger partial charge on any atom is -0.465 e. The summed E-state index contributed by atoms with van der Waals surface area (Å²) in [5.41, 5.74) is 1.89. The summed E-state index contributed by atoms with van der Waals surface area (Å²) >= 11 is 6.04. The Balaban J connectivity index is 1.96. The van der Waals surface area contributed by atoms with Crippen molar-refractivity contribution in [3.05, 3.63) is 57.5 Å². The van der Waals surface area contributed by atoms with Crippen molar-refractivity contribution in [2.45, 2.75) is 40.3 Å². The Hall–Kier alpha value is -2.27. The number of furan rings is 1. The maximum atomic E-state index is 12.3. The van der Waals surface area contributed by atoms with Gasteiger partial charge in [-0.05, 0) is 39.3 Å².